The van der Waals surface area contributed by atoms with Crippen LogP contribution in [0.1, 0.15) is 30.1 Å². The van der Waals surface area contributed by atoms with Crippen molar-refractivity contribution in [3.63, 3.8) is 0 Å². The minimum absolute atomic E-state index is 0.0308. The molecule has 3 rings (SSSR count). The molecule has 0 aliphatic carbocycles. The van der Waals surface area contributed by atoms with E-state index in [4.69, 9.17) is 4.74 Å². The minimum Gasteiger partial charge on any atom is -0.484 e. The lowest BCUT2D eigenvalue weighted by Gasteiger charge is -2.30. The molecule has 0 spiro atoms. The van der Waals surface area contributed by atoms with Gasteiger partial charge >= 0.3 is 0 Å². The Bertz CT molecular complexity index is 753. The van der Waals surface area contributed by atoms with Gasteiger partial charge in [-0.15, -0.1) is 0 Å². The van der Waals surface area contributed by atoms with Crippen LogP contribution >= 0.6 is 0 Å². The van der Waals surface area contributed by atoms with Crippen LogP contribution in [0.3, 0.4) is 0 Å². The summed E-state index contributed by atoms with van der Waals surface area (Å²) < 4.78 is 5.46. The lowest BCUT2D eigenvalue weighted by Crippen LogP contribution is -2.38. The monoisotopic (exact) mass is 352 g/mol. The Hall–Kier alpha value is -2.82. The van der Waals surface area contributed by atoms with Gasteiger partial charge in [0.05, 0.1) is 11.3 Å². The first kappa shape index (κ1) is 18.0. The van der Waals surface area contributed by atoms with E-state index in [0.29, 0.717) is 22.9 Å². The van der Waals surface area contributed by atoms with E-state index >= 15 is 0 Å². The van der Waals surface area contributed by atoms with Crippen molar-refractivity contribution in [1.29, 1.82) is 0 Å². The topological polar surface area (TPSA) is 58.6 Å². The fourth-order valence-electron chi connectivity index (χ4n) is 3.01. The molecule has 1 aliphatic heterocycles. The summed E-state index contributed by atoms with van der Waals surface area (Å²) in [6.45, 7) is 3.63. The minimum atomic E-state index is -0.290. The molecule has 2 aromatic carbocycles. The molecule has 0 radical (unpaired) electrons. The molecule has 1 fully saturated rings. The number of likely N-dealkylation sites (tertiary alicyclic amines) is 1. The van der Waals surface area contributed by atoms with Crippen molar-refractivity contribution >= 4 is 17.5 Å². The second-order valence-electron chi connectivity index (χ2n) is 6.67. The molecule has 0 unspecified atom stereocenters. The van der Waals surface area contributed by atoms with Crippen molar-refractivity contribution < 1.29 is 14.3 Å². The van der Waals surface area contributed by atoms with Gasteiger partial charge in [-0.3, -0.25) is 9.59 Å². The Morgan fingerprint density at radius 1 is 1.04 bits per heavy atom. The summed E-state index contributed by atoms with van der Waals surface area (Å²) in [7, 11) is 0. The van der Waals surface area contributed by atoms with Gasteiger partial charge in [0.25, 0.3) is 11.8 Å². The molecule has 136 valence electrons. The average molecular weight is 352 g/mol. The van der Waals surface area contributed by atoms with E-state index in [-0.39, 0.29) is 18.4 Å². The highest BCUT2D eigenvalue weighted by atomic mass is 16.5. The Balaban J connectivity index is 1.63. The van der Waals surface area contributed by atoms with E-state index in [1.54, 1.807) is 24.3 Å². The summed E-state index contributed by atoms with van der Waals surface area (Å²) in [4.78, 5) is 26.9. The lowest BCUT2D eigenvalue weighted by atomic mass is 9.98. The Labute approximate surface area is 154 Å². The third-order valence-corrected chi connectivity index (χ3v) is 4.62. The quantitative estimate of drug-likeness (QED) is 0.895. The molecule has 0 aromatic heterocycles. The summed E-state index contributed by atoms with van der Waals surface area (Å²) in [5, 5.41) is 2.80. The number of nitrogens with zero attached hydrogens (tertiary/aromatic N) is 1. The van der Waals surface area contributed by atoms with Crippen LogP contribution in [0.5, 0.6) is 5.75 Å². The zero-order chi connectivity index (χ0) is 18.4. The molecule has 2 amide bonds. The molecule has 1 saturated heterocycles. The summed E-state index contributed by atoms with van der Waals surface area (Å²) in [5.74, 6) is 0.969. The van der Waals surface area contributed by atoms with Crippen LogP contribution < -0.4 is 10.1 Å². The van der Waals surface area contributed by atoms with Gasteiger partial charge < -0.3 is 15.0 Å². The smallest absolute Gasteiger partial charge is 0.262 e. The molecule has 5 heteroatoms. The van der Waals surface area contributed by atoms with Crippen LogP contribution in [0.15, 0.2) is 54.6 Å². The van der Waals surface area contributed by atoms with Crippen molar-refractivity contribution in [1.82, 2.24) is 4.90 Å². The van der Waals surface area contributed by atoms with E-state index in [2.05, 4.69) is 12.2 Å². The fourth-order valence-corrected chi connectivity index (χ4v) is 3.01. The second-order valence-corrected chi connectivity index (χ2v) is 6.67. The summed E-state index contributed by atoms with van der Waals surface area (Å²) in [5.41, 5.74) is 1.05. The molecule has 2 aromatic rings. The Morgan fingerprint density at radius 2 is 1.69 bits per heavy atom. The van der Waals surface area contributed by atoms with E-state index in [0.717, 1.165) is 25.9 Å². The first-order chi connectivity index (χ1) is 12.6. The predicted molar refractivity (Wildman–Crippen MR) is 101 cm³/mol. The van der Waals surface area contributed by atoms with Crippen molar-refractivity contribution in [2.75, 3.05) is 25.0 Å². The second kappa shape index (κ2) is 8.52. The Morgan fingerprint density at radius 3 is 2.42 bits per heavy atom. The van der Waals surface area contributed by atoms with Crippen LogP contribution in [-0.4, -0.2) is 36.4 Å². The molecular weight excluding hydrogens is 328 g/mol. The number of ether oxygens (including phenoxy) is 1. The van der Waals surface area contributed by atoms with Crippen molar-refractivity contribution in [2.45, 2.75) is 19.8 Å². The first-order valence-electron chi connectivity index (χ1n) is 8.99. The zero-order valence-corrected chi connectivity index (χ0v) is 15.0. The van der Waals surface area contributed by atoms with Gasteiger partial charge in [-0.2, -0.15) is 0 Å². The zero-order valence-electron chi connectivity index (χ0n) is 15.0. The number of piperidine rings is 1. The molecule has 26 heavy (non-hydrogen) atoms. The number of benzene rings is 2. The first-order valence-corrected chi connectivity index (χ1v) is 8.99. The number of rotatable bonds is 5. The van der Waals surface area contributed by atoms with E-state index in [9.17, 15) is 9.59 Å². The maximum absolute atomic E-state index is 12.8. The third-order valence-electron chi connectivity index (χ3n) is 4.62. The molecule has 1 N–H and O–H groups in total. The van der Waals surface area contributed by atoms with Gasteiger partial charge in [-0.25, -0.2) is 0 Å². The van der Waals surface area contributed by atoms with Crippen LogP contribution in [0.25, 0.3) is 0 Å². The standard InChI is InChI=1S/C21H24N2O3/c1-16-11-13-23(14-12-16)21(25)18-9-5-6-10-19(18)22-20(24)15-26-17-7-3-2-4-8-17/h2-10,16H,11-15H2,1H3,(H,22,24). The number of carbonyl (C=O) groups excluding carboxylic acids is 2. The van der Waals surface area contributed by atoms with E-state index in [1.807, 2.05) is 35.2 Å². The van der Waals surface area contributed by atoms with E-state index < -0.39 is 0 Å². The molecule has 1 aliphatic rings. The Kier molecular flexibility index (Phi) is 5.89. The summed E-state index contributed by atoms with van der Waals surface area (Å²) in [6, 6.07) is 16.3. The fraction of sp³-hybridized carbons (Fsp3) is 0.333. The normalized spacial score (nSPS) is 14.7. The summed E-state index contributed by atoms with van der Waals surface area (Å²) in [6.07, 6.45) is 2.04. The SMILES string of the molecule is CC1CCN(C(=O)c2ccccc2NC(=O)COc2ccccc2)CC1. The maximum Gasteiger partial charge on any atom is 0.262 e. The van der Waals surface area contributed by atoms with Gasteiger partial charge in [0, 0.05) is 13.1 Å². The van der Waals surface area contributed by atoms with Crippen LogP contribution in [0.4, 0.5) is 5.69 Å². The largest absolute Gasteiger partial charge is 0.484 e. The van der Waals surface area contributed by atoms with Crippen LogP contribution in [-0.2, 0) is 4.79 Å². The average Bonchev–Trinajstić information content (AvgIpc) is 2.68. The number of nitrogens with one attached hydrogen (secondary N) is 1. The highest BCUT2D eigenvalue weighted by Gasteiger charge is 2.23. The number of anilines is 1. The molecule has 0 bridgehead atoms. The molecule has 0 atom stereocenters. The van der Waals surface area contributed by atoms with Crippen molar-refractivity contribution in [2.24, 2.45) is 5.92 Å². The lowest BCUT2D eigenvalue weighted by molar-refractivity contribution is -0.118. The van der Waals surface area contributed by atoms with Gasteiger partial charge in [0.15, 0.2) is 6.61 Å². The molecule has 5 nitrogen and oxygen atoms in total. The number of amides is 2. The van der Waals surface area contributed by atoms with Gasteiger partial charge in [-0.05, 0) is 43.0 Å². The van der Waals surface area contributed by atoms with Crippen molar-refractivity contribution in [3.05, 3.63) is 60.2 Å². The van der Waals surface area contributed by atoms with Crippen molar-refractivity contribution in [3.8, 4) is 5.75 Å². The highest BCUT2D eigenvalue weighted by molar-refractivity contribution is 6.04. The molecule has 1 heterocycles. The van der Waals surface area contributed by atoms with Crippen LogP contribution in [0.2, 0.25) is 0 Å². The number of hydrogen-bond donors (Lipinski definition) is 1. The van der Waals surface area contributed by atoms with E-state index in [1.165, 1.54) is 0 Å². The maximum atomic E-state index is 12.8. The van der Waals surface area contributed by atoms with Crippen LogP contribution in [0, 0.1) is 5.92 Å². The van der Waals surface area contributed by atoms with Gasteiger partial charge in [0.1, 0.15) is 5.75 Å². The predicted octanol–water partition coefficient (Wildman–Crippen LogP) is 3.58. The third kappa shape index (κ3) is 4.63. The van der Waals surface area contributed by atoms with Gasteiger partial charge in [-0.1, -0.05) is 37.3 Å². The molecule has 0 saturated carbocycles. The number of hydrogen-bond acceptors (Lipinski definition) is 3. The number of carbonyl (C=O) groups is 2. The highest BCUT2D eigenvalue weighted by Crippen LogP contribution is 2.22. The van der Waals surface area contributed by atoms with Gasteiger partial charge in [0.2, 0.25) is 0 Å². The number of para-hydroxylation sites is 2. The molecular formula is C21H24N2O3. The summed E-state index contributed by atoms with van der Waals surface area (Å²) >= 11 is 0.